The second kappa shape index (κ2) is 9.48. The van der Waals surface area contributed by atoms with Crippen molar-refractivity contribution in [3.63, 3.8) is 0 Å². The van der Waals surface area contributed by atoms with Crippen molar-refractivity contribution in [2.45, 2.75) is 45.7 Å². The van der Waals surface area contributed by atoms with Gasteiger partial charge in [-0.05, 0) is 31.7 Å². The van der Waals surface area contributed by atoms with Gasteiger partial charge in [-0.25, -0.2) is 0 Å². The van der Waals surface area contributed by atoms with Crippen molar-refractivity contribution in [2.24, 2.45) is 5.92 Å². The van der Waals surface area contributed by atoms with E-state index in [9.17, 15) is 9.59 Å². The van der Waals surface area contributed by atoms with E-state index in [0.717, 1.165) is 25.2 Å². The first-order valence-corrected chi connectivity index (χ1v) is 10.0. The van der Waals surface area contributed by atoms with Crippen molar-refractivity contribution < 1.29 is 9.59 Å². The third-order valence-corrected chi connectivity index (χ3v) is 5.38. The smallest absolute Gasteiger partial charge is 0.227 e. The Morgan fingerprint density at radius 1 is 1.29 bits per heavy atom. The molecule has 1 aliphatic heterocycles. The third-order valence-electron chi connectivity index (χ3n) is 5.38. The minimum Gasteiger partial charge on any atom is -0.342 e. The Morgan fingerprint density at radius 2 is 2.07 bits per heavy atom. The first kappa shape index (κ1) is 20.0. The topological polar surface area (TPSA) is 71.3 Å². The Morgan fingerprint density at radius 3 is 2.82 bits per heavy atom. The number of nitrogens with zero attached hydrogens (tertiary/aromatic N) is 5. The van der Waals surface area contributed by atoms with Gasteiger partial charge in [0.25, 0.3) is 0 Å². The van der Waals surface area contributed by atoms with E-state index < -0.39 is 0 Å². The molecular weight excluding hydrogens is 354 g/mol. The highest BCUT2D eigenvalue weighted by molar-refractivity contribution is 5.83. The molecule has 0 unspecified atom stereocenters. The molecule has 0 N–H and O–H groups in total. The number of benzene rings is 1. The van der Waals surface area contributed by atoms with E-state index in [0.29, 0.717) is 32.5 Å². The molecule has 3 rings (SSSR count). The fourth-order valence-electron chi connectivity index (χ4n) is 3.72. The molecule has 2 amide bonds. The monoisotopic (exact) mass is 383 g/mol. The predicted molar refractivity (Wildman–Crippen MR) is 106 cm³/mol. The van der Waals surface area contributed by atoms with Crippen LogP contribution in [-0.4, -0.2) is 56.5 Å². The van der Waals surface area contributed by atoms with Gasteiger partial charge >= 0.3 is 0 Å². The lowest BCUT2D eigenvalue weighted by molar-refractivity contribution is -0.142. The van der Waals surface area contributed by atoms with Crippen LogP contribution in [0, 0.1) is 5.92 Å². The summed E-state index contributed by atoms with van der Waals surface area (Å²) < 4.78 is 1.93. The van der Waals surface area contributed by atoms with Crippen LogP contribution in [0.1, 0.15) is 37.6 Å². The van der Waals surface area contributed by atoms with Crippen molar-refractivity contribution >= 4 is 11.8 Å². The molecule has 0 radical (unpaired) electrons. The molecule has 0 spiro atoms. The highest BCUT2D eigenvalue weighted by atomic mass is 16.2. The van der Waals surface area contributed by atoms with Crippen LogP contribution in [0.4, 0.5) is 0 Å². The SMILES string of the molecule is CCn1cnnc1CN(C)C(=O)[C@@H]1CCC(=O)N(CCCc2ccccc2)C1. The summed E-state index contributed by atoms with van der Waals surface area (Å²) in [6.45, 7) is 4.44. The molecule has 1 aromatic carbocycles. The Labute approximate surface area is 166 Å². The lowest BCUT2D eigenvalue weighted by Gasteiger charge is -2.33. The molecule has 0 aliphatic carbocycles. The van der Waals surface area contributed by atoms with Gasteiger partial charge in [0.05, 0.1) is 12.5 Å². The Kier molecular flexibility index (Phi) is 6.79. The molecule has 1 aliphatic rings. The summed E-state index contributed by atoms with van der Waals surface area (Å²) >= 11 is 0. The van der Waals surface area contributed by atoms with Gasteiger partial charge in [-0.2, -0.15) is 0 Å². The van der Waals surface area contributed by atoms with Crippen molar-refractivity contribution in [1.29, 1.82) is 0 Å². The molecule has 1 aromatic heterocycles. The van der Waals surface area contributed by atoms with E-state index in [1.54, 1.807) is 18.3 Å². The number of carbonyl (C=O) groups is 2. The number of aromatic nitrogens is 3. The van der Waals surface area contributed by atoms with E-state index in [1.807, 2.05) is 34.6 Å². The average Bonchev–Trinajstić information content (AvgIpc) is 3.16. The zero-order valence-electron chi connectivity index (χ0n) is 16.8. The molecule has 1 fully saturated rings. The quantitative estimate of drug-likeness (QED) is 0.700. The van der Waals surface area contributed by atoms with Gasteiger partial charge in [0.1, 0.15) is 6.33 Å². The van der Waals surface area contributed by atoms with Crippen LogP contribution in [0.5, 0.6) is 0 Å². The van der Waals surface area contributed by atoms with Crippen LogP contribution in [0.25, 0.3) is 0 Å². The lowest BCUT2D eigenvalue weighted by atomic mass is 9.95. The third kappa shape index (κ3) is 4.97. The van der Waals surface area contributed by atoms with E-state index in [4.69, 9.17) is 0 Å². The second-order valence-electron chi connectivity index (χ2n) is 7.39. The largest absolute Gasteiger partial charge is 0.342 e. The van der Waals surface area contributed by atoms with Crippen molar-refractivity contribution in [3.8, 4) is 0 Å². The van der Waals surface area contributed by atoms with Crippen LogP contribution in [0.15, 0.2) is 36.7 Å². The summed E-state index contributed by atoms with van der Waals surface area (Å²) in [5.74, 6) is 0.874. The number of aryl methyl sites for hydroxylation is 2. The molecule has 28 heavy (non-hydrogen) atoms. The minimum absolute atomic E-state index is 0.0752. The normalized spacial score (nSPS) is 17.0. The summed E-state index contributed by atoms with van der Waals surface area (Å²) in [6, 6.07) is 10.3. The highest BCUT2D eigenvalue weighted by Gasteiger charge is 2.31. The van der Waals surface area contributed by atoms with Gasteiger partial charge in [0.2, 0.25) is 11.8 Å². The van der Waals surface area contributed by atoms with Crippen LogP contribution in [0.3, 0.4) is 0 Å². The Bertz CT molecular complexity index is 789. The molecule has 7 heteroatoms. The Balaban J connectivity index is 1.52. The van der Waals surface area contributed by atoms with E-state index in [2.05, 4.69) is 22.3 Å². The number of rotatable bonds is 8. The fourth-order valence-corrected chi connectivity index (χ4v) is 3.72. The molecule has 150 valence electrons. The van der Waals surface area contributed by atoms with E-state index in [-0.39, 0.29) is 17.7 Å². The zero-order valence-corrected chi connectivity index (χ0v) is 16.8. The number of hydrogen-bond acceptors (Lipinski definition) is 4. The Hall–Kier alpha value is -2.70. The maximum absolute atomic E-state index is 12.9. The van der Waals surface area contributed by atoms with Crippen LogP contribution >= 0.6 is 0 Å². The molecule has 1 atom stereocenters. The van der Waals surface area contributed by atoms with Crippen LogP contribution in [-0.2, 0) is 29.1 Å². The van der Waals surface area contributed by atoms with Crippen molar-refractivity contribution in [1.82, 2.24) is 24.6 Å². The number of amides is 2. The summed E-state index contributed by atoms with van der Waals surface area (Å²) in [4.78, 5) is 28.8. The molecule has 2 heterocycles. The number of hydrogen-bond donors (Lipinski definition) is 0. The van der Waals surface area contributed by atoms with Crippen molar-refractivity contribution in [3.05, 3.63) is 48.0 Å². The number of likely N-dealkylation sites (tertiary alicyclic amines) is 1. The zero-order chi connectivity index (χ0) is 19.9. The van der Waals surface area contributed by atoms with Crippen molar-refractivity contribution in [2.75, 3.05) is 20.1 Å². The van der Waals surface area contributed by atoms with Gasteiger partial charge in [-0.1, -0.05) is 30.3 Å². The maximum Gasteiger partial charge on any atom is 0.227 e. The van der Waals surface area contributed by atoms with Crippen LogP contribution < -0.4 is 0 Å². The first-order valence-electron chi connectivity index (χ1n) is 10.0. The van der Waals surface area contributed by atoms with Gasteiger partial charge in [-0.15, -0.1) is 10.2 Å². The molecule has 1 saturated heterocycles. The maximum atomic E-state index is 12.9. The molecular formula is C21H29N5O2. The fraction of sp³-hybridized carbons (Fsp3) is 0.524. The predicted octanol–water partition coefficient (Wildman–Crippen LogP) is 2.13. The summed E-state index contributed by atoms with van der Waals surface area (Å²) in [7, 11) is 1.80. The molecule has 0 bridgehead atoms. The van der Waals surface area contributed by atoms with E-state index >= 15 is 0 Å². The average molecular weight is 383 g/mol. The number of carbonyl (C=O) groups excluding carboxylic acids is 2. The molecule has 2 aromatic rings. The first-order chi connectivity index (χ1) is 13.6. The summed E-state index contributed by atoms with van der Waals surface area (Å²) in [5.41, 5.74) is 1.28. The van der Waals surface area contributed by atoms with E-state index in [1.165, 1.54) is 5.56 Å². The minimum atomic E-state index is -0.141. The number of piperidine rings is 1. The molecule has 0 saturated carbocycles. The van der Waals surface area contributed by atoms with Gasteiger partial charge < -0.3 is 14.4 Å². The van der Waals surface area contributed by atoms with Gasteiger partial charge in [-0.3, -0.25) is 9.59 Å². The van der Waals surface area contributed by atoms with Crippen LogP contribution in [0.2, 0.25) is 0 Å². The highest BCUT2D eigenvalue weighted by Crippen LogP contribution is 2.21. The summed E-state index contributed by atoms with van der Waals surface area (Å²) in [6.07, 6.45) is 4.60. The van der Waals surface area contributed by atoms with Gasteiger partial charge in [0.15, 0.2) is 5.82 Å². The summed E-state index contributed by atoms with van der Waals surface area (Å²) in [5, 5.41) is 8.03. The standard InChI is InChI=1S/C21H29N5O2/c1-3-25-16-22-23-19(25)15-24(2)21(28)18-11-12-20(27)26(14-18)13-7-10-17-8-5-4-6-9-17/h4-6,8-9,16,18H,3,7,10-15H2,1-2H3/t18-/m1/s1. The molecule has 7 nitrogen and oxygen atoms in total. The second-order valence-corrected chi connectivity index (χ2v) is 7.39. The lowest BCUT2D eigenvalue weighted by Crippen LogP contribution is -2.46. The van der Waals surface area contributed by atoms with Gasteiger partial charge in [0, 0.05) is 33.1 Å².